The maximum absolute atomic E-state index is 12.6. The van der Waals surface area contributed by atoms with Crippen molar-refractivity contribution < 1.29 is 18.4 Å². The van der Waals surface area contributed by atoms with E-state index in [1.165, 1.54) is 20.0 Å². The van der Waals surface area contributed by atoms with E-state index in [0.717, 1.165) is 5.06 Å². The zero-order chi connectivity index (χ0) is 16.3. The number of hydrogen-bond donors (Lipinski definition) is 0. The fourth-order valence-electron chi connectivity index (χ4n) is 2.44. The van der Waals surface area contributed by atoms with Crippen molar-refractivity contribution in [2.75, 3.05) is 6.61 Å². The number of amides is 1. The highest BCUT2D eigenvalue weighted by atomic mass is 19.3. The third kappa shape index (κ3) is 3.39. The summed E-state index contributed by atoms with van der Waals surface area (Å²) >= 11 is 0. The van der Waals surface area contributed by atoms with Gasteiger partial charge in [0.25, 0.3) is 5.91 Å². The first-order valence-electron chi connectivity index (χ1n) is 6.95. The third-order valence-electron chi connectivity index (χ3n) is 3.62. The molecule has 7 heteroatoms. The second-order valence-corrected chi connectivity index (χ2v) is 5.87. The summed E-state index contributed by atoms with van der Waals surface area (Å²) in [5, 5.41) is 10.1. The van der Waals surface area contributed by atoms with Gasteiger partial charge >= 0.3 is 0 Å². The highest BCUT2D eigenvalue weighted by Gasteiger charge is 2.41. The quantitative estimate of drug-likeness (QED) is 0.858. The molecule has 5 nitrogen and oxygen atoms in total. The van der Waals surface area contributed by atoms with E-state index in [1.54, 1.807) is 12.3 Å². The molecule has 0 saturated carbocycles. The minimum absolute atomic E-state index is 0.317. The van der Waals surface area contributed by atoms with E-state index in [-0.39, 0.29) is 0 Å². The molecular formula is C15H17F2N3O2. The van der Waals surface area contributed by atoms with E-state index < -0.39 is 30.2 Å². The number of rotatable bonds is 4. The van der Waals surface area contributed by atoms with Crippen LogP contribution in [0.5, 0.6) is 0 Å². The van der Waals surface area contributed by atoms with Gasteiger partial charge in [0.1, 0.15) is 6.07 Å². The smallest absolute Gasteiger partial charge is 0.252 e. The number of halogens is 2. The van der Waals surface area contributed by atoms with Crippen LogP contribution in [0.4, 0.5) is 8.78 Å². The largest absolute Gasteiger partial charge is 0.272 e. The van der Waals surface area contributed by atoms with Gasteiger partial charge in [-0.3, -0.25) is 14.6 Å². The molecule has 1 fully saturated rings. The fourth-order valence-corrected chi connectivity index (χ4v) is 2.44. The van der Waals surface area contributed by atoms with Gasteiger partial charge in [0.05, 0.1) is 23.6 Å². The molecule has 0 aromatic carbocycles. The van der Waals surface area contributed by atoms with E-state index in [0.29, 0.717) is 24.2 Å². The molecule has 2 heterocycles. The highest BCUT2D eigenvalue weighted by Crippen LogP contribution is 2.36. The predicted octanol–water partition coefficient (Wildman–Crippen LogP) is 2.84. The fraction of sp³-hybridized carbons (Fsp3) is 0.533. The van der Waals surface area contributed by atoms with Crippen LogP contribution in [-0.2, 0) is 9.63 Å². The Morgan fingerprint density at radius 1 is 1.59 bits per heavy atom. The summed E-state index contributed by atoms with van der Waals surface area (Å²) in [4.78, 5) is 21.8. The Labute approximate surface area is 127 Å². The van der Waals surface area contributed by atoms with Crippen molar-refractivity contribution in [2.24, 2.45) is 5.41 Å². The SMILES string of the molecule is CC(C)(CC(F)F)C(=O)N1OCC[C@H]1c1cncc(C#N)c1. The Hall–Kier alpha value is -2.07. The maximum atomic E-state index is 12.6. The van der Waals surface area contributed by atoms with Gasteiger partial charge < -0.3 is 0 Å². The average molecular weight is 309 g/mol. The van der Waals surface area contributed by atoms with Gasteiger partial charge in [-0.1, -0.05) is 13.8 Å². The lowest BCUT2D eigenvalue weighted by Gasteiger charge is -2.31. The molecule has 0 radical (unpaired) electrons. The van der Waals surface area contributed by atoms with E-state index in [1.807, 2.05) is 6.07 Å². The van der Waals surface area contributed by atoms with Crippen LogP contribution in [0.15, 0.2) is 18.5 Å². The van der Waals surface area contributed by atoms with Gasteiger partial charge in [-0.25, -0.2) is 13.8 Å². The van der Waals surface area contributed by atoms with Crippen LogP contribution >= 0.6 is 0 Å². The summed E-state index contributed by atoms with van der Waals surface area (Å²) in [6.07, 6.45) is 0.415. The third-order valence-corrected chi connectivity index (χ3v) is 3.62. The van der Waals surface area contributed by atoms with Gasteiger partial charge in [-0.2, -0.15) is 5.26 Å². The predicted molar refractivity (Wildman–Crippen MR) is 73.5 cm³/mol. The molecule has 22 heavy (non-hydrogen) atoms. The van der Waals surface area contributed by atoms with Gasteiger partial charge in [-0.05, 0) is 11.6 Å². The van der Waals surface area contributed by atoms with Crippen LogP contribution < -0.4 is 0 Å². The van der Waals surface area contributed by atoms with Crippen LogP contribution in [0, 0.1) is 16.7 Å². The van der Waals surface area contributed by atoms with Gasteiger partial charge in [0.15, 0.2) is 0 Å². The molecule has 1 saturated heterocycles. The van der Waals surface area contributed by atoms with Crippen LogP contribution in [0.1, 0.15) is 43.9 Å². The Morgan fingerprint density at radius 2 is 2.32 bits per heavy atom. The summed E-state index contributed by atoms with van der Waals surface area (Å²) in [5.74, 6) is -0.488. The molecule has 2 rings (SSSR count). The van der Waals surface area contributed by atoms with Gasteiger partial charge in [0.2, 0.25) is 6.43 Å². The Morgan fingerprint density at radius 3 is 2.95 bits per heavy atom. The Balaban J connectivity index is 2.23. The summed E-state index contributed by atoms with van der Waals surface area (Å²) in [6, 6.07) is 3.21. The lowest BCUT2D eigenvalue weighted by molar-refractivity contribution is -0.188. The summed E-state index contributed by atoms with van der Waals surface area (Å²) < 4.78 is 25.3. The topological polar surface area (TPSA) is 66.2 Å². The van der Waals surface area contributed by atoms with Crippen molar-refractivity contribution in [3.63, 3.8) is 0 Å². The maximum Gasteiger partial charge on any atom is 0.252 e. The molecule has 0 unspecified atom stereocenters. The first kappa shape index (κ1) is 16.3. The molecule has 0 bridgehead atoms. The number of carbonyl (C=O) groups is 1. The van der Waals surface area contributed by atoms with Gasteiger partial charge in [0, 0.05) is 25.2 Å². The van der Waals surface area contributed by atoms with Crippen molar-refractivity contribution in [3.05, 3.63) is 29.6 Å². The van der Waals surface area contributed by atoms with Crippen LogP contribution in [0.25, 0.3) is 0 Å². The molecule has 0 N–H and O–H groups in total. The van der Waals surface area contributed by atoms with Crippen molar-refractivity contribution >= 4 is 5.91 Å². The number of hydrogen-bond acceptors (Lipinski definition) is 4. The first-order chi connectivity index (χ1) is 10.3. The zero-order valence-corrected chi connectivity index (χ0v) is 12.4. The average Bonchev–Trinajstić information content (AvgIpc) is 2.94. The van der Waals surface area contributed by atoms with Crippen LogP contribution in [0.2, 0.25) is 0 Å². The standard InChI is InChI=1S/C15H17F2N3O2/c1-15(2,6-13(16)17)14(21)20-12(3-4-22-20)11-5-10(7-18)8-19-9-11/h5,8-9,12-13H,3-4,6H2,1-2H3/t12-/m0/s1. The Kier molecular flexibility index (Phi) is 4.71. The van der Waals surface area contributed by atoms with Gasteiger partial charge in [-0.15, -0.1) is 0 Å². The zero-order valence-electron chi connectivity index (χ0n) is 12.4. The molecule has 0 spiro atoms. The van der Waals surface area contributed by atoms with E-state index in [2.05, 4.69) is 4.98 Å². The number of aromatic nitrogens is 1. The van der Waals surface area contributed by atoms with Crippen molar-refractivity contribution in [3.8, 4) is 6.07 Å². The second-order valence-electron chi connectivity index (χ2n) is 5.87. The van der Waals surface area contributed by atoms with Crippen molar-refractivity contribution in [1.82, 2.24) is 10.0 Å². The molecule has 1 aliphatic heterocycles. The van der Waals surface area contributed by atoms with Crippen LogP contribution in [0.3, 0.4) is 0 Å². The monoisotopic (exact) mass is 309 g/mol. The number of nitriles is 1. The number of nitrogens with zero attached hydrogens (tertiary/aromatic N) is 3. The highest BCUT2D eigenvalue weighted by molar-refractivity contribution is 5.81. The summed E-state index contributed by atoms with van der Waals surface area (Å²) in [7, 11) is 0. The number of carbonyl (C=O) groups excluding carboxylic acids is 1. The second kappa shape index (κ2) is 6.36. The summed E-state index contributed by atoms with van der Waals surface area (Å²) in [5.41, 5.74) is -0.182. The van der Waals surface area contributed by atoms with E-state index in [4.69, 9.17) is 10.1 Å². The molecule has 1 amide bonds. The minimum Gasteiger partial charge on any atom is -0.272 e. The minimum atomic E-state index is -2.57. The lowest BCUT2D eigenvalue weighted by Crippen LogP contribution is -2.40. The van der Waals surface area contributed by atoms with Crippen molar-refractivity contribution in [1.29, 1.82) is 5.26 Å². The molecule has 118 valence electrons. The molecular weight excluding hydrogens is 292 g/mol. The number of pyridine rings is 1. The molecule has 1 atom stereocenters. The van der Waals surface area contributed by atoms with Crippen LogP contribution in [-0.4, -0.2) is 29.0 Å². The first-order valence-corrected chi connectivity index (χ1v) is 6.95. The molecule has 0 aliphatic carbocycles. The molecule has 1 aromatic rings. The number of alkyl halides is 2. The molecule has 1 aromatic heterocycles. The Bertz CT molecular complexity index is 599. The molecule has 1 aliphatic rings. The van der Waals surface area contributed by atoms with E-state index in [9.17, 15) is 13.6 Å². The van der Waals surface area contributed by atoms with Crippen molar-refractivity contribution in [2.45, 2.75) is 39.2 Å². The summed E-state index contributed by atoms with van der Waals surface area (Å²) in [6.45, 7) is 3.27. The normalized spacial score (nSPS) is 18.5. The lowest BCUT2D eigenvalue weighted by atomic mass is 9.87. The van der Waals surface area contributed by atoms with E-state index >= 15 is 0 Å². The number of hydroxylamine groups is 2.